The predicted molar refractivity (Wildman–Crippen MR) is 78.9 cm³/mol. The van der Waals surface area contributed by atoms with Gasteiger partial charge in [0.05, 0.1) is 11.5 Å². The first-order valence-electron chi connectivity index (χ1n) is 6.91. The van der Waals surface area contributed by atoms with Gasteiger partial charge in [-0.25, -0.2) is 12.8 Å². The van der Waals surface area contributed by atoms with Crippen molar-refractivity contribution in [2.45, 2.75) is 24.7 Å². The summed E-state index contributed by atoms with van der Waals surface area (Å²) >= 11 is 0. The number of nitrogens with two attached hydrogens (primary N) is 1. The molecular formula is C14H21FN2O3S. The number of ether oxygens (including phenoxy) is 1. The van der Waals surface area contributed by atoms with Gasteiger partial charge >= 0.3 is 0 Å². The first kappa shape index (κ1) is 16.2. The third-order valence-corrected chi connectivity index (χ3v) is 5.72. The smallest absolute Gasteiger partial charge is 0.243 e. The van der Waals surface area contributed by atoms with E-state index in [1.807, 2.05) is 0 Å². The summed E-state index contributed by atoms with van der Waals surface area (Å²) in [6, 6.07) is 2.37. The minimum Gasteiger partial charge on any atom is -0.398 e. The lowest BCUT2D eigenvalue weighted by Crippen LogP contribution is -2.41. The van der Waals surface area contributed by atoms with Crippen molar-refractivity contribution in [2.24, 2.45) is 5.92 Å². The molecule has 1 saturated heterocycles. The Hall–Kier alpha value is -1.18. The second-order valence-corrected chi connectivity index (χ2v) is 7.38. The number of anilines is 1. The van der Waals surface area contributed by atoms with Gasteiger partial charge in [0.1, 0.15) is 5.82 Å². The van der Waals surface area contributed by atoms with E-state index in [1.54, 1.807) is 7.11 Å². The average Bonchev–Trinajstić information content (AvgIpc) is 2.45. The van der Waals surface area contributed by atoms with Crippen molar-refractivity contribution in [2.75, 3.05) is 32.5 Å². The molecule has 21 heavy (non-hydrogen) atoms. The Bertz CT molecular complexity index is 594. The maximum absolute atomic E-state index is 13.8. The third-order valence-electron chi connectivity index (χ3n) is 3.88. The first-order valence-corrected chi connectivity index (χ1v) is 8.35. The van der Waals surface area contributed by atoms with E-state index in [2.05, 4.69) is 0 Å². The maximum Gasteiger partial charge on any atom is 0.243 e. The first-order chi connectivity index (χ1) is 9.86. The Morgan fingerprint density at radius 2 is 2.19 bits per heavy atom. The van der Waals surface area contributed by atoms with Crippen molar-refractivity contribution in [3.8, 4) is 0 Å². The summed E-state index contributed by atoms with van der Waals surface area (Å²) in [4.78, 5) is -0.0823. The Morgan fingerprint density at radius 1 is 1.48 bits per heavy atom. The summed E-state index contributed by atoms with van der Waals surface area (Å²) in [5.41, 5.74) is 6.10. The highest BCUT2D eigenvalue weighted by atomic mass is 32.2. The van der Waals surface area contributed by atoms with E-state index in [4.69, 9.17) is 10.5 Å². The van der Waals surface area contributed by atoms with Gasteiger partial charge in [-0.2, -0.15) is 4.31 Å². The fourth-order valence-corrected chi connectivity index (χ4v) is 4.19. The molecule has 2 N–H and O–H groups in total. The van der Waals surface area contributed by atoms with Gasteiger partial charge in [0.15, 0.2) is 0 Å². The van der Waals surface area contributed by atoms with Crippen LogP contribution < -0.4 is 5.73 Å². The molecule has 1 fully saturated rings. The zero-order chi connectivity index (χ0) is 15.6. The van der Waals surface area contributed by atoms with Gasteiger partial charge in [-0.3, -0.25) is 0 Å². The Labute approximate surface area is 124 Å². The van der Waals surface area contributed by atoms with Crippen molar-refractivity contribution in [3.05, 3.63) is 23.5 Å². The molecule has 0 amide bonds. The number of rotatable bonds is 4. The van der Waals surface area contributed by atoms with Crippen LogP contribution in [0, 0.1) is 18.7 Å². The lowest BCUT2D eigenvalue weighted by atomic mass is 10.0. The number of benzene rings is 1. The van der Waals surface area contributed by atoms with Gasteiger partial charge in [-0.05, 0) is 37.8 Å². The van der Waals surface area contributed by atoms with Crippen molar-refractivity contribution in [3.63, 3.8) is 0 Å². The zero-order valence-corrected chi connectivity index (χ0v) is 13.1. The Morgan fingerprint density at radius 3 is 2.81 bits per heavy atom. The number of halogens is 1. The molecule has 1 aromatic carbocycles. The normalized spacial score (nSPS) is 20.6. The van der Waals surface area contributed by atoms with E-state index in [0.717, 1.165) is 18.9 Å². The monoisotopic (exact) mass is 316 g/mol. The number of methoxy groups -OCH3 is 1. The third kappa shape index (κ3) is 3.36. The van der Waals surface area contributed by atoms with E-state index in [0.29, 0.717) is 19.7 Å². The molecule has 0 spiro atoms. The summed E-state index contributed by atoms with van der Waals surface area (Å²) in [6.45, 7) is 2.89. The molecule has 0 aliphatic carbocycles. The maximum atomic E-state index is 13.8. The van der Waals surface area contributed by atoms with E-state index in [1.165, 1.54) is 17.3 Å². The minimum atomic E-state index is -3.72. The molecule has 1 aliphatic rings. The van der Waals surface area contributed by atoms with Crippen LogP contribution in [-0.4, -0.2) is 39.5 Å². The van der Waals surface area contributed by atoms with Crippen molar-refractivity contribution in [1.29, 1.82) is 0 Å². The van der Waals surface area contributed by atoms with E-state index in [9.17, 15) is 12.8 Å². The van der Waals surface area contributed by atoms with Crippen LogP contribution >= 0.6 is 0 Å². The molecule has 0 bridgehead atoms. The molecule has 0 aromatic heterocycles. The second-order valence-electron chi connectivity index (χ2n) is 5.45. The molecule has 1 aromatic rings. The summed E-state index contributed by atoms with van der Waals surface area (Å²) < 4.78 is 45.5. The summed E-state index contributed by atoms with van der Waals surface area (Å²) in [6.07, 6.45) is 1.71. The fourth-order valence-electron chi connectivity index (χ4n) is 2.59. The van der Waals surface area contributed by atoms with Crippen LogP contribution in [0.2, 0.25) is 0 Å². The predicted octanol–water partition coefficient (Wildman–Crippen LogP) is 1.76. The molecule has 1 unspecified atom stereocenters. The minimum absolute atomic E-state index is 0.0823. The summed E-state index contributed by atoms with van der Waals surface area (Å²) in [5, 5.41) is 0. The Kier molecular flexibility index (Phi) is 4.85. The van der Waals surface area contributed by atoms with Gasteiger partial charge in [0.25, 0.3) is 0 Å². The lowest BCUT2D eigenvalue weighted by Gasteiger charge is -2.31. The number of hydrogen-bond acceptors (Lipinski definition) is 4. The standard InChI is InChI=1S/C14H21FN2O3S/c1-10-13(15)6-12(7-14(10)16)21(18,19)17-5-3-4-11(8-17)9-20-2/h6-7,11H,3-5,8-9,16H2,1-2H3. The van der Waals surface area contributed by atoms with Gasteiger partial charge in [0, 0.05) is 31.5 Å². The largest absolute Gasteiger partial charge is 0.398 e. The van der Waals surface area contributed by atoms with Crippen LogP contribution in [0.5, 0.6) is 0 Å². The number of hydrogen-bond donors (Lipinski definition) is 1. The van der Waals surface area contributed by atoms with Crippen molar-refractivity contribution in [1.82, 2.24) is 4.31 Å². The molecule has 5 nitrogen and oxygen atoms in total. The number of piperidine rings is 1. The van der Waals surface area contributed by atoms with Gasteiger partial charge in [0.2, 0.25) is 10.0 Å². The molecule has 2 rings (SSSR count). The lowest BCUT2D eigenvalue weighted by molar-refractivity contribution is 0.118. The quantitative estimate of drug-likeness (QED) is 0.859. The van der Waals surface area contributed by atoms with Crippen LogP contribution in [0.4, 0.5) is 10.1 Å². The highest BCUT2D eigenvalue weighted by Crippen LogP contribution is 2.27. The second kappa shape index (κ2) is 6.29. The Balaban J connectivity index is 2.29. The number of sulfonamides is 1. The summed E-state index contributed by atoms with van der Waals surface area (Å²) in [7, 11) is -2.12. The molecular weight excluding hydrogens is 295 g/mol. The molecule has 7 heteroatoms. The number of nitrogen functional groups attached to an aromatic ring is 1. The van der Waals surface area contributed by atoms with Crippen LogP contribution in [0.1, 0.15) is 18.4 Å². The summed E-state index contributed by atoms with van der Waals surface area (Å²) in [5.74, 6) is -0.426. The van der Waals surface area contributed by atoms with Crippen LogP contribution in [0.3, 0.4) is 0 Å². The molecule has 0 saturated carbocycles. The van der Waals surface area contributed by atoms with Crippen molar-refractivity contribution >= 4 is 15.7 Å². The molecule has 0 radical (unpaired) electrons. The molecule has 118 valence electrons. The highest BCUT2D eigenvalue weighted by molar-refractivity contribution is 7.89. The molecule has 1 aliphatic heterocycles. The highest BCUT2D eigenvalue weighted by Gasteiger charge is 2.31. The van der Waals surface area contributed by atoms with Crippen LogP contribution in [-0.2, 0) is 14.8 Å². The van der Waals surface area contributed by atoms with Crippen LogP contribution in [0.15, 0.2) is 17.0 Å². The fraction of sp³-hybridized carbons (Fsp3) is 0.571. The molecule has 1 heterocycles. The van der Waals surface area contributed by atoms with Crippen molar-refractivity contribution < 1.29 is 17.5 Å². The SMILES string of the molecule is COCC1CCCN(S(=O)(=O)c2cc(N)c(C)c(F)c2)C1. The van der Waals surface area contributed by atoms with E-state index in [-0.39, 0.29) is 22.1 Å². The zero-order valence-electron chi connectivity index (χ0n) is 12.3. The van der Waals surface area contributed by atoms with Gasteiger partial charge < -0.3 is 10.5 Å². The topological polar surface area (TPSA) is 72.6 Å². The van der Waals surface area contributed by atoms with Gasteiger partial charge in [-0.1, -0.05) is 0 Å². The van der Waals surface area contributed by atoms with E-state index < -0.39 is 15.8 Å². The molecule has 1 atom stereocenters. The average molecular weight is 316 g/mol. The van der Waals surface area contributed by atoms with Crippen LogP contribution in [0.25, 0.3) is 0 Å². The number of nitrogens with zero attached hydrogens (tertiary/aromatic N) is 1. The van der Waals surface area contributed by atoms with Gasteiger partial charge in [-0.15, -0.1) is 0 Å². The van der Waals surface area contributed by atoms with E-state index >= 15 is 0 Å².